The minimum atomic E-state index is -1.02. The van der Waals surface area contributed by atoms with E-state index in [1.165, 1.54) is 32.1 Å². The van der Waals surface area contributed by atoms with Crippen molar-refractivity contribution < 1.29 is 33.4 Å². The van der Waals surface area contributed by atoms with Crippen molar-refractivity contribution in [3.05, 3.63) is 70.9 Å². The lowest BCUT2D eigenvalue weighted by atomic mass is 9.88. The molecule has 6 heterocycles. The van der Waals surface area contributed by atoms with Gasteiger partial charge < -0.3 is 29.9 Å². The highest BCUT2D eigenvalue weighted by atomic mass is 16.5. The Hall–Kier alpha value is -6.43. The zero-order valence-corrected chi connectivity index (χ0v) is 38.0. The molecule has 0 spiro atoms. The molecule has 1 unspecified atom stereocenters. The van der Waals surface area contributed by atoms with E-state index in [9.17, 15) is 24.0 Å². The van der Waals surface area contributed by atoms with Crippen molar-refractivity contribution in [3.8, 4) is 17.2 Å². The lowest BCUT2D eigenvalue weighted by molar-refractivity contribution is -0.136. The molecule has 0 radical (unpaired) electrons. The van der Waals surface area contributed by atoms with Gasteiger partial charge in [0.25, 0.3) is 17.7 Å². The predicted octanol–water partition coefficient (Wildman–Crippen LogP) is 5.81. The van der Waals surface area contributed by atoms with E-state index >= 15 is 0 Å². The number of rotatable bonds is 16. The first-order valence-electron chi connectivity index (χ1n) is 23.6. The molecule has 5 amide bonds. The molecular formula is C48H59N11O7. The number of hydrogen-bond donors (Lipinski definition) is 3. The first-order valence-corrected chi connectivity index (χ1v) is 23.6. The molecule has 3 fully saturated rings. The number of unbranched alkanes of at least 4 members (excludes halogenated alkanes) is 2. The molecule has 3 N–H and O–H groups in total. The van der Waals surface area contributed by atoms with Crippen molar-refractivity contribution in [2.75, 3.05) is 50.1 Å². The van der Waals surface area contributed by atoms with E-state index in [-0.39, 0.29) is 42.0 Å². The fourth-order valence-electron chi connectivity index (χ4n) is 10.3. The number of fused-ring (bicyclic) bond motifs is 4. The first kappa shape index (κ1) is 44.8. The number of benzene rings is 2. The molecule has 2 aromatic carbocycles. The Kier molecular flexibility index (Phi) is 13.3. The highest BCUT2D eigenvalue weighted by Crippen LogP contribution is 2.41. The number of nitrogens with zero attached hydrogens (tertiary/aromatic N) is 8. The van der Waals surface area contributed by atoms with Crippen LogP contribution in [0.4, 0.5) is 17.5 Å². The largest absolute Gasteiger partial charge is 0.495 e. The summed E-state index contributed by atoms with van der Waals surface area (Å²) in [5, 5.41) is 17.9. The van der Waals surface area contributed by atoms with E-state index in [1.54, 1.807) is 37.4 Å². The second kappa shape index (κ2) is 19.6. The number of imide groups is 2. The van der Waals surface area contributed by atoms with Crippen molar-refractivity contribution in [2.24, 2.45) is 5.92 Å². The zero-order chi connectivity index (χ0) is 45.9. The highest BCUT2D eigenvalue weighted by molar-refractivity contribution is 6.24. The monoisotopic (exact) mass is 901 g/mol. The van der Waals surface area contributed by atoms with Crippen LogP contribution in [0, 0.1) is 12.8 Å². The molecule has 1 saturated carbocycles. The van der Waals surface area contributed by atoms with E-state index in [2.05, 4.69) is 47.4 Å². The highest BCUT2D eigenvalue weighted by Gasteiger charge is 2.46. The summed E-state index contributed by atoms with van der Waals surface area (Å²) < 4.78 is 13.9. The van der Waals surface area contributed by atoms with Gasteiger partial charge in [-0.2, -0.15) is 4.98 Å². The molecule has 2 saturated heterocycles. The third-order valence-corrected chi connectivity index (χ3v) is 13.8. The molecule has 0 bridgehead atoms. The Labute approximate surface area is 384 Å². The summed E-state index contributed by atoms with van der Waals surface area (Å²) >= 11 is 0. The van der Waals surface area contributed by atoms with E-state index in [4.69, 9.17) is 19.4 Å². The van der Waals surface area contributed by atoms with Gasteiger partial charge in [0.05, 0.1) is 42.8 Å². The summed E-state index contributed by atoms with van der Waals surface area (Å²) in [7, 11) is 1.59. The quantitative estimate of drug-likeness (QED) is 0.0897. The van der Waals surface area contributed by atoms with Crippen LogP contribution in [0.5, 0.6) is 11.5 Å². The Balaban J connectivity index is 0.739. The molecule has 1 aliphatic carbocycles. The van der Waals surface area contributed by atoms with Crippen LogP contribution in [-0.2, 0) is 9.59 Å². The summed E-state index contributed by atoms with van der Waals surface area (Å²) in [5.74, 6) is 2.14. The maximum atomic E-state index is 13.5. The van der Waals surface area contributed by atoms with Gasteiger partial charge in [-0.25, -0.2) is 4.98 Å². The normalized spacial score (nSPS) is 20.2. The minimum Gasteiger partial charge on any atom is -0.495 e. The second-order valence-corrected chi connectivity index (χ2v) is 18.1. The van der Waals surface area contributed by atoms with Crippen LogP contribution in [0.2, 0.25) is 0 Å². The number of amides is 5. The molecule has 348 valence electrons. The van der Waals surface area contributed by atoms with Gasteiger partial charge in [0.15, 0.2) is 11.6 Å². The average Bonchev–Trinajstić information content (AvgIpc) is 3.83. The molecule has 9 rings (SSSR count). The van der Waals surface area contributed by atoms with Crippen molar-refractivity contribution in [3.63, 3.8) is 0 Å². The van der Waals surface area contributed by atoms with Gasteiger partial charge in [-0.1, -0.05) is 32.3 Å². The average molecular weight is 902 g/mol. The fraction of sp³-hybridized carbons (Fsp3) is 0.521. The molecular weight excluding hydrogens is 843 g/mol. The number of carbonyl (C=O) groups excluding carboxylic acids is 5. The van der Waals surface area contributed by atoms with Crippen LogP contribution in [0.15, 0.2) is 42.6 Å². The standard InChI is InChI=1S/C48H59N11O7/c1-4-35-43-55-54-29(2)58(43)37-27-49-48(53-42(37)57(35)28-30-12-7-5-8-13-30)51-34-17-16-31(26-39(34)65-3)44(61)50-32-20-23-56(24-21-32)22-9-6-10-25-66-38-15-11-14-33-41(38)47(64)59(46(33)63)36-18-19-40(60)52-45(36)62/h11,14-17,26-27,30,32,35-36H,4-10,12-13,18-25,28H2,1-3H3,(H,50,61)(H,49,51,53)(H,52,60,62)/t35-,36?/m1/s1. The van der Waals surface area contributed by atoms with Gasteiger partial charge in [0, 0.05) is 37.7 Å². The summed E-state index contributed by atoms with van der Waals surface area (Å²) in [6, 6.07) is 9.37. The van der Waals surface area contributed by atoms with Crippen LogP contribution in [0.1, 0.15) is 139 Å². The van der Waals surface area contributed by atoms with Gasteiger partial charge >= 0.3 is 0 Å². The number of anilines is 3. The SMILES string of the molecule is CC[C@@H]1c2nnc(C)n2-c2cnc(Nc3ccc(C(=O)NC4CCN(CCCCCOc5cccc6c5C(=O)N(C5CCC(=O)NC5=O)C6=O)CC4)cc3OC)nc2N1CC1CCCCC1. The van der Waals surface area contributed by atoms with Gasteiger partial charge in [-0.05, 0) is 108 Å². The Bertz CT molecular complexity index is 2500. The Morgan fingerprint density at radius 3 is 2.52 bits per heavy atom. The Morgan fingerprint density at radius 1 is 0.924 bits per heavy atom. The van der Waals surface area contributed by atoms with Crippen molar-refractivity contribution >= 4 is 47.0 Å². The smallest absolute Gasteiger partial charge is 0.266 e. The number of methoxy groups -OCH3 is 1. The molecule has 2 aromatic heterocycles. The number of nitrogens with one attached hydrogen (secondary N) is 3. The lowest BCUT2D eigenvalue weighted by Crippen LogP contribution is -2.54. The zero-order valence-electron chi connectivity index (χ0n) is 38.0. The van der Waals surface area contributed by atoms with Gasteiger partial charge in [-0.3, -0.25) is 38.8 Å². The van der Waals surface area contributed by atoms with Gasteiger partial charge in [0.1, 0.15) is 29.1 Å². The topological polar surface area (TPSA) is 206 Å². The third kappa shape index (κ3) is 9.06. The molecule has 4 aromatic rings. The van der Waals surface area contributed by atoms with E-state index in [1.807, 2.05) is 19.2 Å². The molecule has 18 nitrogen and oxygen atoms in total. The van der Waals surface area contributed by atoms with Crippen LogP contribution >= 0.6 is 0 Å². The van der Waals surface area contributed by atoms with Crippen LogP contribution in [0.3, 0.4) is 0 Å². The van der Waals surface area contributed by atoms with Crippen LogP contribution in [-0.4, -0.2) is 116 Å². The predicted molar refractivity (Wildman–Crippen MR) is 244 cm³/mol. The van der Waals surface area contributed by atoms with Crippen molar-refractivity contribution in [1.29, 1.82) is 0 Å². The van der Waals surface area contributed by atoms with Crippen LogP contribution < -0.4 is 30.3 Å². The number of hydrogen-bond acceptors (Lipinski definition) is 14. The Morgan fingerprint density at radius 2 is 1.74 bits per heavy atom. The molecule has 4 aliphatic heterocycles. The van der Waals surface area contributed by atoms with Crippen molar-refractivity contribution in [2.45, 2.75) is 115 Å². The number of ether oxygens (including phenoxy) is 2. The third-order valence-electron chi connectivity index (χ3n) is 13.8. The first-order chi connectivity index (χ1) is 32.1. The second-order valence-electron chi connectivity index (χ2n) is 18.1. The number of carbonyl (C=O) groups is 5. The van der Waals surface area contributed by atoms with Gasteiger partial charge in [0.2, 0.25) is 17.8 Å². The number of likely N-dealkylation sites (tertiary alicyclic amines) is 1. The van der Waals surface area contributed by atoms with E-state index < -0.39 is 29.7 Å². The van der Waals surface area contributed by atoms with Crippen molar-refractivity contribution in [1.82, 2.24) is 45.2 Å². The van der Waals surface area contributed by atoms with E-state index in [0.29, 0.717) is 41.2 Å². The number of piperidine rings is 2. The molecule has 2 atom stereocenters. The number of aromatic nitrogens is 5. The summed E-state index contributed by atoms with van der Waals surface area (Å²) in [6.45, 7) is 8.10. The summed E-state index contributed by atoms with van der Waals surface area (Å²) in [5.41, 5.74) is 2.41. The van der Waals surface area contributed by atoms with Crippen LogP contribution in [0.25, 0.3) is 5.69 Å². The summed E-state index contributed by atoms with van der Waals surface area (Å²) in [6.07, 6.45) is 13.5. The van der Waals surface area contributed by atoms with E-state index in [0.717, 1.165) is 92.8 Å². The van der Waals surface area contributed by atoms with Gasteiger partial charge in [-0.15, -0.1) is 10.2 Å². The molecule has 66 heavy (non-hydrogen) atoms. The fourth-order valence-corrected chi connectivity index (χ4v) is 10.3. The maximum absolute atomic E-state index is 13.5. The maximum Gasteiger partial charge on any atom is 0.266 e. The summed E-state index contributed by atoms with van der Waals surface area (Å²) in [4.78, 5) is 79.7. The molecule has 18 heteroatoms. The lowest BCUT2D eigenvalue weighted by Gasteiger charge is -2.39. The minimum absolute atomic E-state index is 0.0546. The number of aryl methyl sites for hydroxylation is 1. The molecule has 5 aliphatic rings.